The van der Waals surface area contributed by atoms with Gasteiger partial charge in [0.1, 0.15) is 12.6 Å². The first-order valence-corrected chi connectivity index (χ1v) is 10.5. The number of alkyl carbamates (subject to hydrolysis) is 1. The summed E-state index contributed by atoms with van der Waals surface area (Å²) in [5.74, 6) is -0.0600. The van der Waals surface area contributed by atoms with E-state index in [-0.39, 0.29) is 18.4 Å². The second-order valence-electron chi connectivity index (χ2n) is 7.10. The first kappa shape index (κ1) is 22.7. The van der Waals surface area contributed by atoms with Crippen LogP contribution >= 0.6 is 15.9 Å². The Balaban J connectivity index is 2.03. The minimum atomic E-state index is -0.698. The third kappa shape index (κ3) is 7.77. The third-order valence-corrected chi connectivity index (χ3v) is 4.63. The molecule has 0 heterocycles. The number of ether oxygens (including phenoxy) is 1. The molecule has 0 saturated heterocycles. The summed E-state index contributed by atoms with van der Waals surface area (Å²) in [5, 5.41) is 8.84. The molecule has 0 aromatic heterocycles. The molecule has 1 atom stereocenters. The lowest BCUT2D eigenvalue weighted by Crippen LogP contribution is -2.44. The summed E-state index contributed by atoms with van der Waals surface area (Å²) < 4.78 is 6.18. The molecule has 2 aromatic carbocycles. The minimum absolute atomic E-state index is 0.153. The van der Waals surface area contributed by atoms with Crippen molar-refractivity contribution in [1.82, 2.24) is 5.32 Å². The molecule has 2 aromatic rings. The standard InChI is InChI=1S/C22H28BrN3O3/c1-4-24-19-13-17(23)10-11-18(19)25-21(27)20(12-15(2)3)26-22(28)29-14-16-8-6-5-7-9-16/h5-11,13,15,20,24H,4,12,14H2,1-3H3,(H,25,27)(H,26,28)/t20-/m1/s1. The van der Waals surface area contributed by atoms with Gasteiger partial charge in [-0.15, -0.1) is 0 Å². The van der Waals surface area contributed by atoms with Gasteiger partial charge in [0.15, 0.2) is 0 Å². The van der Waals surface area contributed by atoms with Crippen molar-refractivity contribution in [2.45, 2.75) is 39.8 Å². The molecule has 0 unspecified atom stereocenters. The van der Waals surface area contributed by atoms with Gasteiger partial charge in [-0.25, -0.2) is 4.79 Å². The molecular formula is C22H28BrN3O3. The summed E-state index contributed by atoms with van der Waals surface area (Å²) in [6.07, 6.45) is -0.114. The van der Waals surface area contributed by atoms with Crippen LogP contribution in [0.25, 0.3) is 0 Å². The van der Waals surface area contributed by atoms with Gasteiger partial charge < -0.3 is 20.7 Å². The molecule has 0 aliphatic carbocycles. The van der Waals surface area contributed by atoms with E-state index >= 15 is 0 Å². The maximum absolute atomic E-state index is 12.9. The van der Waals surface area contributed by atoms with E-state index < -0.39 is 12.1 Å². The largest absolute Gasteiger partial charge is 0.445 e. The predicted octanol–water partition coefficient (Wildman–Crippen LogP) is 5.16. The molecule has 0 aliphatic rings. The van der Waals surface area contributed by atoms with Crippen molar-refractivity contribution < 1.29 is 14.3 Å². The number of carbonyl (C=O) groups is 2. The van der Waals surface area contributed by atoms with E-state index in [2.05, 4.69) is 31.9 Å². The molecule has 29 heavy (non-hydrogen) atoms. The smallest absolute Gasteiger partial charge is 0.408 e. The average Bonchev–Trinajstić information content (AvgIpc) is 2.68. The van der Waals surface area contributed by atoms with Crippen molar-refractivity contribution in [1.29, 1.82) is 0 Å². The molecule has 6 nitrogen and oxygen atoms in total. The molecule has 0 bridgehead atoms. The fraction of sp³-hybridized carbons (Fsp3) is 0.364. The highest BCUT2D eigenvalue weighted by Gasteiger charge is 2.23. The van der Waals surface area contributed by atoms with Gasteiger partial charge in [0, 0.05) is 11.0 Å². The van der Waals surface area contributed by atoms with Crippen LogP contribution in [0.4, 0.5) is 16.2 Å². The van der Waals surface area contributed by atoms with Crippen molar-refractivity contribution >= 4 is 39.3 Å². The molecular weight excluding hydrogens is 434 g/mol. The first-order chi connectivity index (χ1) is 13.9. The van der Waals surface area contributed by atoms with E-state index in [0.29, 0.717) is 12.1 Å². The van der Waals surface area contributed by atoms with Crippen LogP contribution in [0, 0.1) is 5.92 Å². The van der Waals surface area contributed by atoms with E-state index in [1.54, 1.807) is 0 Å². The molecule has 3 N–H and O–H groups in total. The Morgan fingerprint density at radius 3 is 2.45 bits per heavy atom. The van der Waals surface area contributed by atoms with Gasteiger partial charge in [-0.3, -0.25) is 4.79 Å². The molecule has 0 spiro atoms. The summed E-state index contributed by atoms with van der Waals surface area (Å²) in [7, 11) is 0. The predicted molar refractivity (Wildman–Crippen MR) is 120 cm³/mol. The van der Waals surface area contributed by atoms with Gasteiger partial charge in [0.2, 0.25) is 5.91 Å². The lowest BCUT2D eigenvalue weighted by atomic mass is 10.0. The maximum Gasteiger partial charge on any atom is 0.408 e. The van der Waals surface area contributed by atoms with Crippen LogP contribution in [-0.2, 0) is 16.1 Å². The fourth-order valence-electron chi connectivity index (χ4n) is 2.79. The highest BCUT2D eigenvalue weighted by atomic mass is 79.9. The topological polar surface area (TPSA) is 79.5 Å². The van der Waals surface area contributed by atoms with Gasteiger partial charge in [0.05, 0.1) is 11.4 Å². The van der Waals surface area contributed by atoms with Crippen LogP contribution in [-0.4, -0.2) is 24.6 Å². The number of rotatable bonds is 9. The summed E-state index contributed by atoms with van der Waals surface area (Å²) in [6.45, 7) is 6.86. The Kier molecular flexibility index (Phi) is 8.99. The van der Waals surface area contributed by atoms with Crippen molar-refractivity contribution in [3.8, 4) is 0 Å². The van der Waals surface area contributed by atoms with Crippen LogP contribution in [0.2, 0.25) is 0 Å². The van der Waals surface area contributed by atoms with Crippen molar-refractivity contribution in [3.63, 3.8) is 0 Å². The van der Waals surface area contributed by atoms with Gasteiger partial charge in [-0.2, -0.15) is 0 Å². The van der Waals surface area contributed by atoms with E-state index in [1.807, 2.05) is 69.3 Å². The van der Waals surface area contributed by atoms with E-state index in [1.165, 1.54) is 0 Å². The summed E-state index contributed by atoms with van der Waals surface area (Å²) in [4.78, 5) is 25.1. The lowest BCUT2D eigenvalue weighted by molar-refractivity contribution is -0.118. The second kappa shape index (κ2) is 11.5. The van der Waals surface area contributed by atoms with Gasteiger partial charge in [-0.1, -0.05) is 60.1 Å². The number of carbonyl (C=O) groups excluding carboxylic acids is 2. The van der Waals surface area contributed by atoms with E-state index in [0.717, 1.165) is 22.3 Å². The highest BCUT2D eigenvalue weighted by Crippen LogP contribution is 2.26. The van der Waals surface area contributed by atoms with Crippen molar-refractivity contribution in [2.24, 2.45) is 5.92 Å². The van der Waals surface area contributed by atoms with Gasteiger partial charge in [-0.05, 0) is 43.0 Å². The summed E-state index contributed by atoms with van der Waals surface area (Å²) in [5.41, 5.74) is 2.36. The summed E-state index contributed by atoms with van der Waals surface area (Å²) >= 11 is 3.44. The Hall–Kier alpha value is -2.54. The molecule has 2 amide bonds. The average molecular weight is 462 g/mol. The third-order valence-electron chi connectivity index (χ3n) is 4.14. The minimum Gasteiger partial charge on any atom is -0.445 e. The van der Waals surface area contributed by atoms with E-state index in [9.17, 15) is 9.59 Å². The molecule has 0 saturated carbocycles. The SMILES string of the molecule is CCNc1cc(Br)ccc1NC(=O)[C@@H](CC(C)C)NC(=O)OCc1ccccc1. The Morgan fingerprint density at radius 2 is 1.79 bits per heavy atom. The Labute approximate surface area is 180 Å². The number of anilines is 2. The Bertz CT molecular complexity index is 812. The molecule has 0 radical (unpaired) electrons. The molecule has 7 heteroatoms. The van der Waals surface area contributed by atoms with Gasteiger partial charge in [0.25, 0.3) is 0 Å². The number of halogens is 1. The molecule has 156 valence electrons. The summed E-state index contributed by atoms with van der Waals surface area (Å²) in [6, 6.07) is 14.3. The van der Waals surface area contributed by atoms with Crippen LogP contribution < -0.4 is 16.0 Å². The van der Waals surface area contributed by atoms with Crippen LogP contribution in [0.3, 0.4) is 0 Å². The van der Waals surface area contributed by atoms with Crippen LogP contribution in [0.5, 0.6) is 0 Å². The maximum atomic E-state index is 12.9. The van der Waals surface area contributed by atoms with Gasteiger partial charge >= 0.3 is 6.09 Å². The highest BCUT2D eigenvalue weighted by molar-refractivity contribution is 9.10. The monoisotopic (exact) mass is 461 g/mol. The lowest BCUT2D eigenvalue weighted by Gasteiger charge is -2.21. The molecule has 0 fully saturated rings. The van der Waals surface area contributed by atoms with E-state index in [4.69, 9.17) is 4.74 Å². The molecule has 2 rings (SSSR count). The quantitative estimate of drug-likeness (QED) is 0.481. The molecule has 0 aliphatic heterocycles. The normalized spacial score (nSPS) is 11.6. The number of hydrogen-bond donors (Lipinski definition) is 3. The zero-order valence-electron chi connectivity index (χ0n) is 17.0. The van der Waals surface area contributed by atoms with Crippen LogP contribution in [0.1, 0.15) is 32.8 Å². The number of hydrogen-bond acceptors (Lipinski definition) is 4. The number of amides is 2. The van der Waals surface area contributed by atoms with Crippen molar-refractivity contribution in [3.05, 3.63) is 58.6 Å². The fourth-order valence-corrected chi connectivity index (χ4v) is 3.15. The zero-order chi connectivity index (χ0) is 21.2. The zero-order valence-corrected chi connectivity index (χ0v) is 18.6. The second-order valence-corrected chi connectivity index (χ2v) is 8.01. The number of benzene rings is 2. The first-order valence-electron chi connectivity index (χ1n) is 9.70. The van der Waals surface area contributed by atoms with Crippen molar-refractivity contribution in [2.75, 3.05) is 17.2 Å². The number of nitrogens with one attached hydrogen (secondary N) is 3. The Morgan fingerprint density at radius 1 is 1.07 bits per heavy atom. The van der Waals surface area contributed by atoms with Crippen LogP contribution in [0.15, 0.2) is 53.0 Å².